The number of carbonyl (C=O) groups is 2. The van der Waals surface area contributed by atoms with E-state index < -0.39 is 5.97 Å². The summed E-state index contributed by atoms with van der Waals surface area (Å²) in [6.45, 7) is 1.03. The molecule has 0 spiro atoms. The second kappa shape index (κ2) is 5.88. The van der Waals surface area contributed by atoms with E-state index in [1.807, 2.05) is 0 Å². The van der Waals surface area contributed by atoms with Crippen LogP contribution in [0.2, 0.25) is 0 Å². The van der Waals surface area contributed by atoms with Gasteiger partial charge in [-0.05, 0) is 24.3 Å². The van der Waals surface area contributed by atoms with Crippen LogP contribution in [0, 0.1) is 0 Å². The standard InChI is InChI=1S/C13H13BrN2O3/c1-19-13(18)11-8-15-6-7-16(11)12(17)9-2-4-10(14)5-3-9/h2-5,8,15H,6-7H2,1H3. The van der Waals surface area contributed by atoms with Crippen molar-refractivity contribution >= 4 is 27.8 Å². The molecule has 0 aromatic heterocycles. The summed E-state index contributed by atoms with van der Waals surface area (Å²) in [6, 6.07) is 7.00. The maximum atomic E-state index is 12.4. The average molecular weight is 325 g/mol. The van der Waals surface area contributed by atoms with Gasteiger partial charge in [0.25, 0.3) is 5.91 Å². The second-order valence-electron chi connectivity index (χ2n) is 3.94. The molecule has 5 nitrogen and oxygen atoms in total. The zero-order chi connectivity index (χ0) is 13.8. The fourth-order valence-corrected chi connectivity index (χ4v) is 2.04. The third kappa shape index (κ3) is 2.96. The Balaban J connectivity index is 2.26. The van der Waals surface area contributed by atoms with E-state index in [-0.39, 0.29) is 11.6 Å². The molecule has 1 amide bonds. The Labute approximate surface area is 119 Å². The highest BCUT2D eigenvalue weighted by molar-refractivity contribution is 9.10. The van der Waals surface area contributed by atoms with Gasteiger partial charge in [-0.25, -0.2) is 4.79 Å². The van der Waals surface area contributed by atoms with Gasteiger partial charge in [-0.3, -0.25) is 9.69 Å². The van der Waals surface area contributed by atoms with E-state index in [2.05, 4.69) is 26.0 Å². The highest BCUT2D eigenvalue weighted by atomic mass is 79.9. The van der Waals surface area contributed by atoms with Crippen LogP contribution in [0.15, 0.2) is 40.6 Å². The molecule has 1 aromatic carbocycles. The molecule has 1 aliphatic heterocycles. The smallest absolute Gasteiger partial charge is 0.356 e. The Kier molecular flexibility index (Phi) is 4.21. The van der Waals surface area contributed by atoms with Gasteiger partial charge < -0.3 is 10.1 Å². The van der Waals surface area contributed by atoms with E-state index in [1.165, 1.54) is 18.2 Å². The Morgan fingerprint density at radius 3 is 2.63 bits per heavy atom. The average Bonchev–Trinajstić information content (AvgIpc) is 2.46. The molecule has 1 N–H and O–H groups in total. The van der Waals surface area contributed by atoms with Crippen molar-refractivity contribution in [2.24, 2.45) is 0 Å². The summed E-state index contributed by atoms with van der Waals surface area (Å²) >= 11 is 3.32. The SMILES string of the molecule is COC(=O)C1=CNCCN1C(=O)c1ccc(Br)cc1. The largest absolute Gasteiger partial charge is 0.464 e. The first-order chi connectivity index (χ1) is 9.13. The quantitative estimate of drug-likeness (QED) is 0.838. The van der Waals surface area contributed by atoms with Gasteiger partial charge in [0.1, 0.15) is 5.70 Å². The molecular formula is C13H13BrN2O3. The summed E-state index contributed by atoms with van der Waals surface area (Å²) in [5.41, 5.74) is 0.751. The number of nitrogens with zero attached hydrogens (tertiary/aromatic N) is 1. The van der Waals surface area contributed by atoms with Gasteiger partial charge in [-0.2, -0.15) is 0 Å². The number of esters is 1. The van der Waals surface area contributed by atoms with Crippen molar-refractivity contribution in [1.82, 2.24) is 10.2 Å². The molecule has 2 rings (SSSR count). The van der Waals surface area contributed by atoms with Gasteiger partial charge in [-0.15, -0.1) is 0 Å². The minimum absolute atomic E-state index is 0.217. The van der Waals surface area contributed by atoms with Gasteiger partial charge in [-0.1, -0.05) is 15.9 Å². The van der Waals surface area contributed by atoms with Crippen molar-refractivity contribution < 1.29 is 14.3 Å². The van der Waals surface area contributed by atoms with Gasteiger partial charge >= 0.3 is 5.97 Å². The fraction of sp³-hybridized carbons (Fsp3) is 0.231. The summed E-state index contributed by atoms with van der Waals surface area (Å²) in [4.78, 5) is 25.4. The summed E-state index contributed by atoms with van der Waals surface area (Å²) < 4.78 is 5.57. The zero-order valence-corrected chi connectivity index (χ0v) is 11.9. The lowest BCUT2D eigenvalue weighted by molar-refractivity contribution is -0.137. The molecule has 0 fully saturated rings. The maximum absolute atomic E-state index is 12.4. The van der Waals surface area contributed by atoms with Crippen LogP contribution in [-0.4, -0.2) is 37.0 Å². The van der Waals surface area contributed by atoms with E-state index in [4.69, 9.17) is 0 Å². The molecule has 0 unspecified atom stereocenters. The number of nitrogens with one attached hydrogen (secondary N) is 1. The van der Waals surface area contributed by atoms with Crippen LogP contribution in [0.4, 0.5) is 0 Å². The molecule has 0 saturated heterocycles. The minimum atomic E-state index is -0.530. The van der Waals surface area contributed by atoms with E-state index in [0.29, 0.717) is 18.7 Å². The molecule has 100 valence electrons. The normalized spacial score (nSPS) is 14.4. The Morgan fingerprint density at radius 2 is 2.00 bits per heavy atom. The number of methoxy groups -OCH3 is 1. The molecule has 1 heterocycles. The summed E-state index contributed by atoms with van der Waals surface area (Å²) in [7, 11) is 1.29. The summed E-state index contributed by atoms with van der Waals surface area (Å²) in [5, 5.41) is 2.93. The van der Waals surface area contributed by atoms with Crippen molar-refractivity contribution in [1.29, 1.82) is 0 Å². The molecule has 6 heteroatoms. The van der Waals surface area contributed by atoms with Gasteiger partial charge in [0.2, 0.25) is 0 Å². The topological polar surface area (TPSA) is 58.6 Å². The molecule has 0 radical (unpaired) electrons. The molecule has 0 bridgehead atoms. The Hall–Kier alpha value is -1.82. The molecule has 1 aromatic rings. The summed E-state index contributed by atoms with van der Waals surface area (Å²) in [6.07, 6.45) is 1.51. The van der Waals surface area contributed by atoms with Gasteiger partial charge in [0, 0.05) is 29.3 Å². The highest BCUT2D eigenvalue weighted by Gasteiger charge is 2.27. The summed E-state index contributed by atoms with van der Waals surface area (Å²) in [5.74, 6) is -0.747. The third-order valence-corrected chi connectivity index (χ3v) is 3.27. The van der Waals surface area contributed by atoms with Crippen LogP contribution >= 0.6 is 15.9 Å². The number of rotatable bonds is 2. The monoisotopic (exact) mass is 324 g/mol. The van der Waals surface area contributed by atoms with Crippen LogP contribution in [-0.2, 0) is 9.53 Å². The predicted octanol–water partition coefficient (Wildman–Crippen LogP) is 1.51. The van der Waals surface area contributed by atoms with Crippen molar-refractivity contribution in [3.63, 3.8) is 0 Å². The lowest BCUT2D eigenvalue weighted by atomic mass is 10.2. The number of hydrogen-bond donors (Lipinski definition) is 1. The Bertz CT molecular complexity index is 525. The van der Waals surface area contributed by atoms with Crippen LogP contribution < -0.4 is 5.32 Å². The van der Waals surface area contributed by atoms with E-state index in [1.54, 1.807) is 24.3 Å². The van der Waals surface area contributed by atoms with E-state index in [0.717, 1.165) is 4.47 Å². The highest BCUT2D eigenvalue weighted by Crippen LogP contribution is 2.16. The first kappa shape index (κ1) is 13.6. The van der Waals surface area contributed by atoms with Crippen LogP contribution in [0.3, 0.4) is 0 Å². The van der Waals surface area contributed by atoms with Gasteiger partial charge in [0.15, 0.2) is 0 Å². The van der Waals surface area contributed by atoms with Crippen molar-refractivity contribution in [3.8, 4) is 0 Å². The van der Waals surface area contributed by atoms with Crippen LogP contribution in [0.5, 0.6) is 0 Å². The number of amides is 1. The molecular weight excluding hydrogens is 312 g/mol. The number of hydrogen-bond acceptors (Lipinski definition) is 4. The fourth-order valence-electron chi connectivity index (χ4n) is 1.78. The lowest BCUT2D eigenvalue weighted by Crippen LogP contribution is -2.42. The van der Waals surface area contributed by atoms with Gasteiger partial charge in [0.05, 0.1) is 7.11 Å². The molecule has 1 aliphatic rings. The van der Waals surface area contributed by atoms with Crippen molar-refractivity contribution in [2.45, 2.75) is 0 Å². The van der Waals surface area contributed by atoms with E-state index in [9.17, 15) is 9.59 Å². The van der Waals surface area contributed by atoms with E-state index >= 15 is 0 Å². The zero-order valence-electron chi connectivity index (χ0n) is 10.4. The first-order valence-corrected chi connectivity index (χ1v) is 6.52. The van der Waals surface area contributed by atoms with Crippen molar-refractivity contribution in [3.05, 3.63) is 46.2 Å². The number of benzene rings is 1. The number of ether oxygens (including phenoxy) is 1. The number of halogens is 1. The lowest BCUT2D eigenvalue weighted by Gasteiger charge is -2.27. The molecule has 0 atom stereocenters. The predicted molar refractivity (Wildman–Crippen MR) is 73.3 cm³/mol. The molecule has 0 aliphatic carbocycles. The van der Waals surface area contributed by atoms with Crippen LogP contribution in [0.25, 0.3) is 0 Å². The van der Waals surface area contributed by atoms with Crippen molar-refractivity contribution in [2.75, 3.05) is 20.2 Å². The first-order valence-electron chi connectivity index (χ1n) is 5.73. The molecule has 19 heavy (non-hydrogen) atoms. The molecule has 0 saturated carbocycles. The van der Waals surface area contributed by atoms with Crippen LogP contribution in [0.1, 0.15) is 10.4 Å². The maximum Gasteiger partial charge on any atom is 0.356 e. The Morgan fingerprint density at radius 1 is 1.32 bits per heavy atom. The minimum Gasteiger partial charge on any atom is -0.464 e. The third-order valence-electron chi connectivity index (χ3n) is 2.74. The second-order valence-corrected chi connectivity index (χ2v) is 4.85. The number of carbonyl (C=O) groups excluding carboxylic acids is 2.